The van der Waals surface area contributed by atoms with Gasteiger partial charge in [-0.15, -0.1) is 0 Å². The van der Waals surface area contributed by atoms with Gasteiger partial charge in [0.15, 0.2) is 5.90 Å². The number of aliphatic imine (C=N–C) groups is 1. The summed E-state index contributed by atoms with van der Waals surface area (Å²) in [4.78, 5) is 4.50. The minimum absolute atomic E-state index is 0.423. The summed E-state index contributed by atoms with van der Waals surface area (Å²) in [5.74, 6) is 0.908. The van der Waals surface area contributed by atoms with Gasteiger partial charge in [0, 0.05) is 6.42 Å². The molecule has 1 unspecified atom stereocenters. The number of benzene rings is 1. The van der Waals surface area contributed by atoms with Crippen LogP contribution in [0, 0.1) is 0 Å². The monoisotopic (exact) mass is 189 g/mol. The molecule has 0 bridgehead atoms. The van der Waals surface area contributed by atoms with Crippen molar-refractivity contribution in [3.05, 3.63) is 35.9 Å². The molecule has 0 amide bonds. The van der Waals surface area contributed by atoms with Gasteiger partial charge in [0.2, 0.25) is 0 Å². The fraction of sp³-hybridized carbons (Fsp3) is 0.417. The molecule has 0 fully saturated rings. The molecular weight excluding hydrogens is 174 g/mol. The van der Waals surface area contributed by atoms with Crippen LogP contribution in [0.1, 0.15) is 18.4 Å². The summed E-state index contributed by atoms with van der Waals surface area (Å²) < 4.78 is 5.13. The van der Waals surface area contributed by atoms with E-state index in [0.717, 1.165) is 25.2 Å². The molecule has 1 aromatic carbocycles. The van der Waals surface area contributed by atoms with Crippen molar-refractivity contribution in [1.29, 1.82) is 0 Å². The van der Waals surface area contributed by atoms with E-state index < -0.39 is 0 Å². The Balaban J connectivity index is 1.97. The molecule has 1 atom stereocenters. The second-order valence-corrected chi connectivity index (χ2v) is 3.61. The van der Waals surface area contributed by atoms with Crippen LogP contribution >= 0.6 is 0 Å². The second kappa shape index (κ2) is 4.27. The van der Waals surface area contributed by atoms with Crippen LogP contribution in [0.25, 0.3) is 0 Å². The Morgan fingerprint density at radius 2 is 2.14 bits per heavy atom. The smallest absolute Gasteiger partial charge is 0.183 e. The first-order valence-electron chi connectivity index (χ1n) is 5.03. The highest BCUT2D eigenvalue weighted by molar-refractivity contribution is 5.77. The van der Waals surface area contributed by atoms with Crippen molar-refractivity contribution in [1.82, 2.24) is 0 Å². The van der Waals surface area contributed by atoms with Crippen molar-refractivity contribution in [3.8, 4) is 0 Å². The van der Waals surface area contributed by atoms with E-state index in [-0.39, 0.29) is 0 Å². The molecule has 1 aliphatic heterocycles. The third kappa shape index (κ3) is 2.13. The molecule has 2 rings (SSSR count). The number of ether oxygens (including phenoxy) is 1. The normalized spacial score (nSPS) is 20.6. The van der Waals surface area contributed by atoms with E-state index >= 15 is 0 Å². The molecule has 1 aliphatic rings. The average molecular weight is 189 g/mol. The van der Waals surface area contributed by atoms with Crippen LogP contribution in [0.3, 0.4) is 0 Å². The van der Waals surface area contributed by atoms with Crippen LogP contribution in [-0.2, 0) is 11.2 Å². The zero-order chi connectivity index (χ0) is 9.80. The van der Waals surface area contributed by atoms with Crippen molar-refractivity contribution < 1.29 is 4.74 Å². The highest BCUT2D eigenvalue weighted by atomic mass is 16.5. The molecule has 2 heteroatoms. The number of hydrogen-bond donors (Lipinski definition) is 0. The Labute approximate surface area is 84.6 Å². The zero-order valence-corrected chi connectivity index (χ0v) is 8.44. The Morgan fingerprint density at radius 1 is 1.36 bits per heavy atom. The molecule has 0 saturated heterocycles. The van der Waals surface area contributed by atoms with Gasteiger partial charge in [0.25, 0.3) is 0 Å². The SMILES string of the molecule is COC1=NC(Cc2ccccc2)CC1. The molecule has 0 aromatic heterocycles. The van der Waals surface area contributed by atoms with Gasteiger partial charge < -0.3 is 4.74 Å². The van der Waals surface area contributed by atoms with E-state index in [9.17, 15) is 0 Å². The first-order chi connectivity index (χ1) is 6.88. The van der Waals surface area contributed by atoms with Crippen molar-refractivity contribution in [2.24, 2.45) is 4.99 Å². The lowest BCUT2D eigenvalue weighted by atomic mass is 10.0. The van der Waals surface area contributed by atoms with E-state index in [1.54, 1.807) is 7.11 Å². The molecule has 1 aromatic rings. The summed E-state index contributed by atoms with van der Waals surface area (Å²) in [6.07, 6.45) is 3.15. The third-order valence-corrected chi connectivity index (χ3v) is 2.57. The number of methoxy groups -OCH3 is 1. The zero-order valence-electron chi connectivity index (χ0n) is 8.44. The van der Waals surface area contributed by atoms with Crippen LogP contribution in [0.15, 0.2) is 35.3 Å². The summed E-state index contributed by atoms with van der Waals surface area (Å²) in [6.45, 7) is 0. The number of nitrogens with zero attached hydrogens (tertiary/aromatic N) is 1. The highest BCUT2D eigenvalue weighted by Crippen LogP contribution is 2.17. The summed E-state index contributed by atoms with van der Waals surface area (Å²) in [5.41, 5.74) is 1.36. The summed E-state index contributed by atoms with van der Waals surface area (Å²) in [7, 11) is 1.70. The van der Waals surface area contributed by atoms with E-state index in [1.165, 1.54) is 5.56 Å². The fourth-order valence-electron chi connectivity index (χ4n) is 1.81. The largest absolute Gasteiger partial charge is 0.484 e. The predicted octanol–water partition coefficient (Wildman–Crippen LogP) is 2.44. The quantitative estimate of drug-likeness (QED) is 0.700. The standard InChI is InChI=1S/C12H15NO/c1-14-12-8-7-11(13-12)9-10-5-3-2-4-6-10/h2-6,11H,7-9H2,1H3. The minimum atomic E-state index is 0.423. The van der Waals surface area contributed by atoms with Crippen LogP contribution in [0.2, 0.25) is 0 Å². The lowest BCUT2D eigenvalue weighted by Crippen LogP contribution is -2.03. The van der Waals surface area contributed by atoms with Crippen LogP contribution in [0.4, 0.5) is 0 Å². The second-order valence-electron chi connectivity index (χ2n) is 3.61. The summed E-state index contributed by atoms with van der Waals surface area (Å²) >= 11 is 0. The molecule has 0 saturated carbocycles. The van der Waals surface area contributed by atoms with Gasteiger partial charge in [-0.3, -0.25) is 4.99 Å². The topological polar surface area (TPSA) is 21.6 Å². The van der Waals surface area contributed by atoms with E-state index in [4.69, 9.17) is 4.74 Å². The van der Waals surface area contributed by atoms with Crippen LogP contribution < -0.4 is 0 Å². The van der Waals surface area contributed by atoms with Crippen molar-refractivity contribution >= 4 is 5.90 Å². The van der Waals surface area contributed by atoms with E-state index in [1.807, 2.05) is 6.07 Å². The van der Waals surface area contributed by atoms with Crippen molar-refractivity contribution in [2.75, 3.05) is 7.11 Å². The highest BCUT2D eigenvalue weighted by Gasteiger charge is 2.17. The van der Waals surface area contributed by atoms with Gasteiger partial charge in [-0.05, 0) is 18.4 Å². The van der Waals surface area contributed by atoms with Gasteiger partial charge in [0.1, 0.15) is 0 Å². The van der Waals surface area contributed by atoms with Gasteiger partial charge in [0.05, 0.1) is 13.2 Å². The summed E-state index contributed by atoms with van der Waals surface area (Å²) in [5, 5.41) is 0. The van der Waals surface area contributed by atoms with Gasteiger partial charge in [-0.25, -0.2) is 0 Å². The van der Waals surface area contributed by atoms with Crippen LogP contribution in [-0.4, -0.2) is 19.0 Å². The average Bonchev–Trinajstić information content (AvgIpc) is 2.67. The van der Waals surface area contributed by atoms with Crippen LogP contribution in [0.5, 0.6) is 0 Å². The Bertz CT molecular complexity index is 318. The van der Waals surface area contributed by atoms with Crippen molar-refractivity contribution in [2.45, 2.75) is 25.3 Å². The Kier molecular flexibility index (Phi) is 2.82. The number of rotatable bonds is 2. The predicted molar refractivity (Wildman–Crippen MR) is 57.6 cm³/mol. The van der Waals surface area contributed by atoms with Gasteiger partial charge in [-0.2, -0.15) is 0 Å². The molecule has 0 aliphatic carbocycles. The maximum atomic E-state index is 5.13. The van der Waals surface area contributed by atoms with E-state index in [2.05, 4.69) is 29.3 Å². The molecule has 0 spiro atoms. The lowest BCUT2D eigenvalue weighted by molar-refractivity contribution is 0.395. The molecule has 14 heavy (non-hydrogen) atoms. The Hall–Kier alpha value is -1.31. The van der Waals surface area contributed by atoms with Crippen molar-refractivity contribution in [3.63, 3.8) is 0 Å². The molecular formula is C12H15NO. The van der Waals surface area contributed by atoms with Gasteiger partial charge in [-0.1, -0.05) is 30.3 Å². The molecule has 74 valence electrons. The maximum absolute atomic E-state index is 5.13. The fourth-order valence-corrected chi connectivity index (χ4v) is 1.81. The lowest BCUT2D eigenvalue weighted by Gasteiger charge is -2.05. The minimum Gasteiger partial charge on any atom is -0.484 e. The molecule has 0 radical (unpaired) electrons. The third-order valence-electron chi connectivity index (χ3n) is 2.57. The first-order valence-corrected chi connectivity index (χ1v) is 5.03. The summed E-state index contributed by atoms with van der Waals surface area (Å²) in [6, 6.07) is 10.9. The first kappa shape index (κ1) is 9.25. The molecule has 2 nitrogen and oxygen atoms in total. The molecule has 1 heterocycles. The maximum Gasteiger partial charge on any atom is 0.183 e. The molecule has 0 N–H and O–H groups in total. The number of hydrogen-bond acceptors (Lipinski definition) is 2. The van der Waals surface area contributed by atoms with Gasteiger partial charge >= 0.3 is 0 Å². The Morgan fingerprint density at radius 3 is 2.79 bits per heavy atom. The van der Waals surface area contributed by atoms with E-state index in [0.29, 0.717) is 6.04 Å².